The van der Waals surface area contributed by atoms with Crippen LogP contribution in [0.1, 0.15) is 12.8 Å². The molecule has 0 amide bonds. The van der Waals surface area contributed by atoms with E-state index in [9.17, 15) is 4.79 Å². The van der Waals surface area contributed by atoms with Gasteiger partial charge in [-0.1, -0.05) is 0 Å². The number of esters is 1. The predicted octanol–water partition coefficient (Wildman–Crippen LogP) is -0.129. The van der Waals surface area contributed by atoms with Crippen LogP contribution in [0.3, 0.4) is 0 Å². The number of piperazine rings is 1. The zero-order valence-corrected chi connectivity index (χ0v) is 11.6. The summed E-state index contributed by atoms with van der Waals surface area (Å²) in [6, 6.07) is 0.715. The monoisotopic (exact) mass is 255 g/mol. The number of likely N-dealkylation sites (N-methyl/N-ethyl adjacent to an activating group) is 1. The Morgan fingerprint density at radius 2 is 1.72 bits per heavy atom. The third kappa shape index (κ3) is 3.67. The van der Waals surface area contributed by atoms with Crippen LogP contribution in [0, 0.1) is 0 Å². The Morgan fingerprint density at radius 3 is 2.28 bits per heavy atom. The van der Waals surface area contributed by atoms with E-state index in [0.29, 0.717) is 12.6 Å². The molecule has 0 unspecified atom stereocenters. The first-order valence-corrected chi connectivity index (χ1v) is 6.91. The molecule has 5 heteroatoms. The van der Waals surface area contributed by atoms with Gasteiger partial charge in [-0.2, -0.15) is 0 Å². The van der Waals surface area contributed by atoms with Gasteiger partial charge in [-0.3, -0.25) is 14.6 Å². The average Bonchev–Trinajstić information content (AvgIpc) is 2.40. The number of ether oxygens (including phenoxy) is 1. The van der Waals surface area contributed by atoms with Crippen molar-refractivity contribution in [1.82, 2.24) is 14.7 Å². The van der Waals surface area contributed by atoms with Gasteiger partial charge in [-0.05, 0) is 19.9 Å². The van der Waals surface area contributed by atoms with Gasteiger partial charge >= 0.3 is 5.97 Å². The fourth-order valence-electron chi connectivity index (χ4n) is 2.88. The highest BCUT2D eigenvalue weighted by Crippen LogP contribution is 2.17. The number of carbonyl (C=O) groups is 1. The smallest absolute Gasteiger partial charge is 0.319 e. The fourth-order valence-corrected chi connectivity index (χ4v) is 2.88. The molecule has 0 saturated carbocycles. The van der Waals surface area contributed by atoms with Gasteiger partial charge in [-0.25, -0.2) is 0 Å². The Labute approximate surface area is 110 Å². The molecule has 5 nitrogen and oxygen atoms in total. The molecule has 0 aromatic heterocycles. The van der Waals surface area contributed by atoms with E-state index < -0.39 is 0 Å². The van der Waals surface area contributed by atoms with Gasteiger partial charge in [0, 0.05) is 45.3 Å². The lowest BCUT2D eigenvalue weighted by Gasteiger charge is -2.41. The molecule has 2 heterocycles. The second-order valence-electron chi connectivity index (χ2n) is 5.42. The second-order valence-corrected chi connectivity index (χ2v) is 5.42. The van der Waals surface area contributed by atoms with Crippen molar-refractivity contribution in [3.63, 3.8) is 0 Å². The molecule has 2 saturated heterocycles. The summed E-state index contributed by atoms with van der Waals surface area (Å²) in [6.07, 6.45) is 2.36. The highest BCUT2D eigenvalue weighted by molar-refractivity contribution is 5.71. The molecule has 0 aromatic carbocycles. The molecular formula is C13H25N3O2. The van der Waals surface area contributed by atoms with E-state index in [0.717, 1.165) is 13.1 Å². The lowest BCUT2D eigenvalue weighted by molar-refractivity contribution is -0.142. The molecule has 2 rings (SSSR count). The molecule has 0 aliphatic carbocycles. The third-order valence-corrected chi connectivity index (χ3v) is 4.19. The van der Waals surface area contributed by atoms with Crippen LogP contribution in [0.25, 0.3) is 0 Å². The van der Waals surface area contributed by atoms with Gasteiger partial charge in [-0.15, -0.1) is 0 Å². The maximum absolute atomic E-state index is 11.2. The molecule has 0 atom stereocenters. The van der Waals surface area contributed by atoms with Gasteiger partial charge in [0.1, 0.15) is 0 Å². The SMILES string of the molecule is COC(=O)CN1CCC(N2CCN(C)CC2)CC1. The van der Waals surface area contributed by atoms with E-state index in [2.05, 4.69) is 21.7 Å². The van der Waals surface area contributed by atoms with Crippen molar-refractivity contribution in [2.24, 2.45) is 0 Å². The summed E-state index contributed by atoms with van der Waals surface area (Å²) < 4.78 is 4.71. The Balaban J connectivity index is 1.71. The van der Waals surface area contributed by atoms with Crippen LogP contribution >= 0.6 is 0 Å². The third-order valence-electron chi connectivity index (χ3n) is 4.19. The van der Waals surface area contributed by atoms with E-state index in [4.69, 9.17) is 4.74 Å². The minimum Gasteiger partial charge on any atom is -0.468 e. The highest BCUT2D eigenvalue weighted by Gasteiger charge is 2.27. The van der Waals surface area contributed by atoms with Crippen LogP contribution in [-0.4, -0.2) is 86.7 Å². The normalized spacial score (nSPS) is 25.2. The van der Waals surface area contributed by atoms with E-state index in [1.165, 1.54) is 46.1 Å². The van der Waals surface area contributed by atoms with Crippen LogP contribution in [-0.2, 0) is 9.53 Å². The Morgan fingerprint density at radius 1 is 1.11 bits per heavy atom. The molecule has 18 heavy (non-hydrogen) atoms. The second kappa shape index (κ2) is 6.50. The van der Waals surface area contributed by atoms with Crippen molar-refractivity contribution >= 4 is 5.97 Å². The van der Waals surface area contributed by atoms with E-state index in [1.807, 2.05) is 0 Å². The van der Waals surface area contributed by atoms with Crippen molar-refractivity contribution in [3.8, 4) is 0 Å². The van der Waals surface area contributed by atoms with Crippen molar-refractivity contribution in [2.45, 2.75) is 18.9 Å². The number of nitrogens with zero attached hydrogens (tertiary/aromatic N) is 3. The predicted molar refractivity (Wildman–Crippen MR) is 70.5 cm³/mol. The zero-order valence-electron chi connectivity index (χ0n) is 11.6. The Hall–Kier alpha value is -0.650. The van der Waals surface area contributed by atoms with Crippen molar-refractivity contribution < 1.29 is 9.53 Å². The van der Waals surface area contributed by atoms with Crippen molar-refractivity contribution in [2.75, 3.05) is 60.0 Å². The lowest BCUT2D eigenvalue weighted by atomic mass is 10.0. The molecule has 2 fully saturated rings. The summed E-state index contributed by atoms with van der Waals surface area (Å²) in [7, 11) is 3.65. The molecule has 0 spiro atoms. The summed E-state index contributed by atoms with van der Waals surface area (Å²) in [6.45, 7) is 7.24. The van der Waals surface area contributed by atoms with E-state index >= 15 is 0 Å². The van der Waals surface area contributed by atoms with Gasteiger partial charge in [0.05, 0.1) is 13.7 Å². The number of hydrogen-bond donors (Lipinski definition) is 0. The fraction of sp³-hybridized carbons (Fsp3) is 0.923. The summed E-state index contributed by atoms with van der Waals surface area (Å²) >= 11 is 0. The first-order valence-electron chi connectivity index (χ1n) is 6.91. The van der Waals surface area contributed by atoms with Crippen LogP contribution in [0.5, 0.6) is 0 Å². The van der Waals surface area contributed by atoms with E-state index in [-0.39, 0.29) is 5.97 Å². The standard InChI is InChI=1S/C13H25N3O2/c1-14-7-9-16(10-8-14)12-3-5-15(6-4-12)11-13(17)18-2/h12H,3-11H2,1-2H3. The first kappa shape index (κ1) is 13.8. The molecule has 0 N–H and O–H groups in total. The highest BCUT2D eigenvalue weighted by atomic mass is 16.5. The van der Waals surface area contributed by atoms with E-state index in [1.54, 1.807) is 0 Å². The number of hydrogen-bond acceptors (Lipinski definition) is 5. The van der Waals surface area contributed by atoms with Gasteiger partial charge in [0.25, 0.3) is 0 Å². The number of methoxy groups -OCH3 is 1. The van der Waals surface area contributed by atoms with Gasteiger partial charge in [0.15, 0.2) is 0 Å². The summed E-state index contributed by atoms with van der Waals surface area (Å²) in [5.41, 5.74) is 0. The van der Waals surface area contributed by atoms with Crippen LogP contribution in [0.2, 0.25) is 0 Å². The first-order chi connectivity index (χ1) is 8.69. The maximum Gasteiger partial charge on any atom is 0.319 e. The molecule has 0 bridgehead atoms. The Bertz CT molecular complexity index is 269. The Kier molecular flexibility index (Phi) is 4.97. The molecule has 2 aliphatic rings. The minimum atomic E-state index is -0.118. The summed E-state index contributed by atoms with van der Waals surface area (Å²) in [5.74, 6) is -0.118. The van der Waals surface area contributed by atoms with Crippen LogP contribution < -0.4 is 0 Å². The number of piperidine rings is 1. The van der Waals surface area contributed by atoms with Crippen LogP contribution in [0.15, 0.2) is 0 Å². The average molecular weight is 255 g/mol. The number of rotatable bonds is 3. The van der Waals surface area contributed by atoms with Gasteiger partial charge in [0.2, 0.25) is 0 Å². The summed E-state index contributed by atoms with van der Waals surface area (Å²) in [4.78, 5) is 18.4. The largest absolute Gasteiger partial charge is 0.468 e. The molecule has 104 valence electrons. The van der Waals surface area contributed by atoms with Crippen molar-refractivity contribution in [1.29, 1.82) is 0 Å². The maximum atomic E-state index is 11.2. The number of likely N-dealkylation sites (tertiary alicyclic amines) is 1. The quantitative estimate of drug-likeness (QED) is 0.657. The molecule has 2 aliphatic heterocycles. The summed E-state index contributed by atoms with van der Waals surface area (Å²) in [5, 5.41) is 0. The minimum absolute atomic E-state index is 0.118. The topological polar surface area (TPSA) is 36.0 Å². The number of carbonyl (C=O) groups excluding carboxylic acids is 1. The molecular weight excluding hydrogens is 230 g/mol. The van der Waals surface area contributed by atoms with Crippen LogP contribution in [0.4, 0.5) is 0 Å². The molecule has 0 aromatic rings. The molecule has 0 radical (unpaired) electrons. The van der Waals surface area contributed by atoms with Gasteiger partial charge < -0.3 is 9.64 Å². The zero-order chi connectivity index (χ0) is 13.0. The van der Waals surface area contributed by atoms with Crippen molar-refractivity contribution in [3.05, 3.63) is 0 Å². The lowest BCUT2D eigenvalue weighted by Crippen LogP contribution is -2.52.